The number of aliphatic carboxylic acids is 1. The van der Waals surface area contributed by atoms with Gasteiger partial charge >= 0.3 is 5.97 Å². The Morgan fingerprint density at radius 1 is 1.40 bits per heavy atom. The smallest absolute Gasteiger partial charge is 0.320 e. The number of carbonyl (C=O) groups excluding carboxylic acids is 1. The Morgan fingerprint density at radius 3 is 2.70 bits per heavy atom. The first-order valence-electron chi connectivity index (χ1n) is 6.18. The van der Waals surface area contributed by atoms with E-state index in [4.69, 9.17) is 15.6 Å². The molecule has 2 atom stereocenters. The van der Waals surface area contributed by atoms with E-state index in [-0.39, 0.29) is 12.0 Å². The molecule has 1 fully saturated rings. The zero-order valence-corrected chi connectivity index (χ0v) is 11.6. The van der Waals surface area contributed by atoms with E-state index in [1.165, 1.54) is 0 Å². The summed E-state index contributed by atoms with van der Waals surface area (Å²) in [5.41, 5.74) is 5.98. The SMILES string of the molecule is NC(=O)COc1ccc(C2NC(C(=O)O)CCS2)cc1. The number of benzene rings is 1. The third-order valence-electron chi connectivity index (χ3n) is 2.91. The van der Waals surface area contributed by atoms with Gasteiger partial charge in [-0.2, -0.15) is 0 Å². The minimum absolute atomic E-state index is 0.0463. The van der Waals surface area contributed by atoms with E-state index >= 15 is 0 Å². The van der Waals surface area contributed by atoms with Crippen molar-refractivity contribution in [1.82, 2.24) is 5.32 Å². The van der Waals surface area contributed by atoms with Gasteiger partial charge in [-0.1, -0.05) is 12.1 Å². The average molecular weight is 296 g/mol. The summed E-state index contributed by atoms with van der Waals surface area (Å²) in [5.74, 6) is 0.0110. The first-order valence-corrected chi connectivity index (χ1v) is 7.22. The molecule has 1 heterocycles. The van der Waals surface area contributed by atoms with Crippen LogP contribution in [0.15, 0.2) is 24.3 Å². The van der Waals surface area contributed by atoms with Crippen LogP contribution in [0.25, 0.3) is 0 Å². The molecule has 1 aliphatic rings. The molecule has 1 saturated heterocycles. The molecule has 0 radical (unpaired) electrons. The number of amides is 1. The molecule has 2 unspecified atom stereocenters. The molecular formula is C13H16N2O4S. The quantitative estimate of drug-likeness (QED) is 0.740. The molecule has 0 spiro atoms. The van der Waals surface area contributed by atoms with Crippen LogP contribution in [0.2, 0.25) is 0 Å². The minimum atomic E-state index is -0.822. The van der Waals surface area contributed by atoms with Gasteiger partial charge < -0.3 is 15.6 Å². The largest absolute Gasteiger partial charge is 0.484 e. The van der Waals surface area contributed by atoms with Crippen LogP contribution in [0, 0.1) is 0 Å². The van der Waals surface area contributed by atoms with Gasteiger partial charge in [0, 0.05) is 0 Å². The molecule has 4 N–H and O–H groups in total. The van der Waals surface area contributed by atoms with E-state index in [0.717, 1.165) is 11.3 Å². The molecule has 0 bridgehead atoms. The second-order valence-corrected chi connectivity index (χ2v) is 5.63. The highest BCUT2D eigenvalue weighted by Gasteiger charge is 2.27. The zero-order valence-electron chi connectivity index (χ0n) is 10.7. The Morgan fingerprint density at radius 2 is 2.10 bits per heavy atom. The molecule has 1 aliphatic heterocycles. The van der Waals surface area contributed by atoms with Gasteiger partial charge in [0.25, 0.3) is 5.91 Å². The third kappa shape index (κ3) is 3.88. The van der Waals surface area contributed by atoms with Crippen LogP contribution in [0.4, 0.5) is 0 Å². The lowest BCUT2D eigenvalue weighted by molar-refractivity contribution is -0.139. The number of hydrogen-bond acceptors (Lipinski definition) is 5. The van der Waals surface area contributed by atoms with Crippen molar-refractivity contribution in [2.75, 3.05) is 12.4 Å². The molecule has 1 aromatic carbocycles. The molecule has 7 heteroatoms. The summed E-state index contributed by atoms with van der Waals surface area (Å²) in [4.78, 5) is 21.6. The standard InChI is InChI=1S/C13H16N2O4S/c14-11(16)7-19-9-3-1-8(2-4-9)12-15-10(13(17)18)5-6-20-12/h1-4,10,12,15H,5-7H2,(H2,14,16)(H,17,18). The maximum absolute atomic E-state index is 11.0. The fourth-order valence-corrected chi connectivity index (χ4v) is 3.12. The molecule has 20 heavy (non-hydrogen) atoms. The van der Waals surface area contributed by atoms with Crippen molar-refractivity contribution < 1.29 is 19.4 Å². The van der Waals surface area contributed by atoms with E-state index < -0.39 is 17.9 Å². The number of rotatable bonds is 5. The summed E-state index contributed by atoms with van der Waals surface area (Å²) >= 11 is 1.67. The number of nitrogens with one attached hydrogen (secondary N) is 1. The van der Waals surface area contributed by atoms with E-state index in [9.17, 15) is 9.59 Å². The number of carbonyl (C=O) groups is 2. The average Bonchev–Trinajstić information content (AvgIpc) is 2.46. The maximum atomic E-state index is 11.0. The molecule has 0 aromatic heterocycles. The summed E-state index contributed by atoms with van der Waals surface area (Å²) in [6.45, 7) is -0.156. The van der Waals surface area contributed by atoms with Crippen LogP contribution >= 0.6 is 11.8 Å². The summed E-state index contributed by atoms with van der Waals surface area (Å²) < 4.78 is 5.17. The van der Waals surface area contributed by atoms with E-state index in [2.05, 4.69) is 5.32 Å². The summed E-state index contributed by atoms with van der Waals surface area (Å²) in [5, 5.41) is 12.1. The molecule has 1 aromatic rings. The Bertz CT molecular complexity index is 492. The van der Waals surface area contributed by atoms with Crippen LogP contribution in [0.3, 0.4) is 0 Å². The third-order valence-corrected chi connectivity index (χ3v) is 4.12. The Labute approximate surface area is 120 Å². The van der Waals surface area contributed by atoms with Crippen molar-refractivity contribution in [1.29, 1.82) is 0 Å². The second kappa shape index (κ2) is 6.62. The molecular weight excluding hydrogens is 280 g/mol. The van der Waals surface area contributed by atoms with Crippen molar-refractivity contribution >= 4 is 23.6 Å². The lowest BCUT2D eigenvalue weighted by Gasteiger charge is -2.28. The van der Waals surface area contributed by atoms with E-state index in [0.29, 0.717) is 12.2 Å². The van der Waals surface area contributed by atoms with Crippen molar-refractivity contribution in [3.05, 3.63) is 29.8 Å². The van der Waals surface area contributed by atoms with Gasteiger partial charge in [-0.25, -0.2) is 0 Å². The van der Waals surface area contributed by atoms with Gasteiger partial charge in [0.05, 0.1) is 5.37 Å². The van der Waals surface area contributed by atoms with Crippen LogP contribution in [-0.4, -0.2) is 35.4 Å². The number of carboxylic acid groups (broad SMARTS) is 1. The van der Waals surface area contributed by atoms with Gasteiger partial charge in [-0.05, 0) is 29.9 Å². The predicted molar refractivity (Wildman–Crippen MR) is 75.5 cm³/mol. The maximum Gasteiger partial charge on any atom is 0.320 e. The monoisotopic (exact) mass is 296 g/mol. The molecule has 0 saturated carbocycles. The Kier molecular flexibility index (Phi) is 4.86. The fraction of sp³-hybridized carbons (Fsp3) is 0.385. The van der Waals surface area contributed by atoms with Gasteiger partial charge in [-0.3, -0.25) is 14.9 Å². The Hall–Kier alpha value is -1.73. The molecule has 6 nitrogen and oxygen atoms in total. The first-order chi connectivity index (χ1) is 9.56. The van der Waals surface area contributed by atoms with Crippen LogP contribution in [0.1, 0.15) is 17.4 Å². The molecule has 1 amide bonds. The van der Waals surface area contributed by atoms with Crippen molar-refractivity contribution in [3.8, 4) is 5.75 Å². The second-order valence-electron chi connectivity index (χ2n) is 4.42. The normalized spacial score (nSPS) is 22.2. The molecule has 0 aliphatic carbocycles. The fourth-order valence-electron chi connectivity index (χ4n) is 1.90. The van der Waals surface area contributed by atoms with E-state index in [1.54, 1.807) is 23.9 Å². The highest BCUT2D eigenvalue weighted by atomic mass is 32.2. The van der Waals surface area contributed by atoms with Gasteiger partial charge in [0.15, 0.2) is 6.61 Å². The van der Waals surface area contributed by atoms with Crippen molar-refractivity contribution in [2.45, 2.75) is 17.8 Å². The van der Waals surface area contributed by atoms with E-state index in [1.807, 2.05) is 12.1 Å². The highest BCUT2D eigenvalue weighted by molar-refractivity contribution is 7.99. The lowest BCUT2D eigenvalue weighted by Crippen LogP contribution is -2.41. The van der Waals surface area contributed by atoms with Crippen LogP contribution in [-0.2, 0) is 9.59 Å². The summed E-state index contributed by atoms with van der Waals surface area (Å²) in [7, 11) is 0. The van der Waals surface area contributed by atoms with Crippen molar-refractivity contribution in [3.63, 3.8) is 0 Å². The number of primary amides is 1. The van der Waals surface area contributed by atoms with Gasteiger partial charge in [0.1, 0.15) is 11.8 Å². The van der Waals surface area contributed by atoms with Gasteiger partial charge in [0.2, 0.25) is 0 Å². The number of nitrogens with two attached hydrogens (primary N) is 1. The zero-order chi connectivity index (χ0) is 14.5. The molecule has 108 valence electrons. The topological polar surface area (TPSA) is 102 Å². The molecule has 2 rings (SSSR count). The highest BCUT2D eigenvalue weighted by Crippen LogP contribution is 2.32. The van der Waals surface area contributed by atoms with Gasteiger partial charge in [-0.15, -0.1) is 11.8 Å². The van der Waals surface area contributed by atoms with Crippen LogP contribution < -0.4 is 15.8 Å². The number of hydrogen-bond donors (Lipinski definition) is 3. The predicted octanol–water partition coefficient (Wildman–Crippen LogP) is 0.729. The first kappa shape index (κ1) is 14.7. The summed E-state index contributed by atoms with van der Waals surface area (Å²) in [6.07, 6.45) is 0.621. The van der Waals surface area contributed by atoms with Crippen molar-refractivity contribution in [2.24, 2.45) is 5.73 Å². The summed E-state index contributed by atoms with van der Waals surface area (Å²) in [6, 6.07) is 6.68. The lowest BCUT2D eigenvalue weighted by atomic mass is 10.1. The number of carboxylic acids is 1. The Balaban J connectivity index is 1.98. The van der Waals surface area contributed by atoms with Crippen LogP contribution in [0.5, 0.6) is 5.75 Å². The number of ether oxygens (including phenoxy) is 1. The minimum Gasteiger partial charge on any atom is -0.484 e. The number of thioether (sulfide) groups is 1.